The number of rotatable bonds is 7. The summed E-state index contributed by atoms with van der Waals surface area (Å²) in [6.45, 7) is 6.64. The average Bonchev–Trinajstić information content (AvgIpc) is 3.41. The first-order valence-corrected chi connectivity index (χ1v) is 13.9. The Balaban J connectivity index is 1.41. The molecule has 43 heavy (non-hydrogen) atoms. The Morgan fingerprint density at radius 3 is 2.44 bits per heavy atom. The lowest BCUT2D eigenvalue weighted by Crippen LogP contribution is -2.45. The Bertz CT molecular complexity index is 1670. The maximum absolute atomic E-state index is 13.6. The molecule has 0 saturated carbocycles. The first kappa shape index (κ1) is 29.2. The van der Waals surface area contributed by atoms with Crippen molar-refractivity contribution in [2.45, 2.75) is 45.3 Å². The van der Waals surface area contributed by atoms with Gasteiger partial charge in [-0.2, -0.15) is 0 Å². The van der Waals surface area contributed by atoms with E-state index >= 15 is 0 Å². The highest BCUT2D eigenvalue weighted by molar-refractivity contribution is 6.10. The highest BCUT2D eigenvalue weighted by Gasteiger charge is 2.29. The molecule has 1 fully saturated rings. The van der Waals surface area contributed by atoms with E-state index in [1.165, 1.54) is 27.7 Å². The predicted octanol–water partition coefficient (Wildman–Crippen LogP) is 5.61. The summed E-state index contributed by atoms with van der Waals surface area (Å²) in [7, 11) is 0. The number of hydrogen-bond donors (Lipinski definition) is 1. The molecule has 0 aliphatic carbocycles. The standard InChI is InChI=1S/C31H32N6O6/c1-31(2,3)43-30(40)35-17-10-21-4-5-22(18-27(21)35)33-29(39)26-7-6-25(37(41)42)19-28(26)36(20-38)24-11-15-34(16-12-24)23-8-13-32-14-9-23/h4-10,13-14,17-20,24H,11-12,15-16H2,1-3H3,(H,33,39). The normalized spacial score (nSPS) is 13.9. The van der Waals surface area contributed by atoms with Crippen molar-refractivity contribution in [2.75, 3.05) is 28.2 Å². The van der Waals surface area contributed by atoms with E-state index < -0.39 is 22.5 Å². The van der Waals surface area contributed by atoms with Crippen LogP contribution in [0.2, 0.25) is 0 Å². The zero-order valence-electron chi connectivity index (χ0n) is 24.1. The molecule has 0 unspecified atom stereocenters. The fourth-order valence-electron chi connectivity index (χ4n) is 5.21. The van der Waals surface area contributed by atoms with Crippen molar-refractivity contribution in [3.05, 3.63) is 88.9 Å². The third-order valence-electron chi connectivity index (χ3n) is 7.26. The van der Waals surface area contributed by atoms with Gasteiger partial charge in [-0.1, -0.05) is 6.07 Å². The van der Waals surface area contributed by atoms with Crippen molar-refractivity contribution < 1.29 is 24.0 Å². The molecule has 0 spiro atoms. The van der Waals surface area contributed by atoms with Crippen molar-refractivity contribution in [2.24, 2.45) is 0 Å². The molecule has 2 amide bonds. The van der Waals surface area contributed by atoms with Crippen molar-refractivity contribution in [1.29, 1.82) is 0 Å². The fourth-order valence-corrected chi connectivity index (χ4v) is 5.21. The number of amides is 2. The molecule has 2 aromatic heterocycles. The second-order valence-electron chi connectivity index (χ2n) is 11.3. The predicted molar refractivity (Wildman–Crippen MR) is 163 cm³/mol. The molecule has 0 bridgehead atoms. The van der Waals surface area contributed by atoms with Crippen LogP contribution in [0.25, 0.3) is 10.9 Å². The van der Waals surface area contributed by atoms with E-state index in [4.69, 9.17) is 4.74 Å². The molecular weight excluding hydrogens is 552 g/mol. The van der Waals surface area contributed by atoms with Crippen LogP contribution in [0.3, 0.4) is 0 Å². The molecule has 0 atom stereocenters. The lowest BCUT2D eigenvalue weighted by atomic mass is 10.0. The smallest absolute Gasteiger partial charge is 0.418 e. The second kappa shape index (κ2) is 11.9. The third kappa shape index (κ3) is 6.48. The zero-order valence-corrected chi connectivity index (χ0v) is 24.1. The Morgan fingerprint density at radius 2 is 1.79 bits per heavy atom. The number of carbonyl (C=O) groups is 3. The maximum atomic E-state index is 13.6. The molecule has 0 radical (unpaired) electrons. The minimum atomic E-state index is -0.689. The number of anilines is 3. The number of carbonyl (C=O) groups excluding carboxylic acids is 3. The number of ether oxygens (including phenoxy) is 1. The summed E-state index contributed by atoms with van der Waals surface area (Å²) in [4.78, 5) is 57.5. The van der Waals surface area contributed by atoms with Gasteiger partial charge in [0.2, 0.25) is 6.41 Å². The second-order valence-corrected chi connectivity index (χ2v) is 11.3. The molecular formula is C31H32N6O6. The molecule has 1 N–H and O–H groups in total. The summed E-state index contributed by atoms with van der Waals surface area (Å²) < 4.78 is 6.85. The minimum absolute atomic E-state index is 0.108. The molecule has 1 saturated heterocycles. The van der Waals surface area contributed by atoms with Gasteiger partial charge in [0.15, 0.2) is 0 Å². The summed E-state index contributed by atoms with van der Waals surface area (Å²) in [5, 5.41) is 15.2. The van der Waals surface area contributed by atoms with Gasteiger partial charge in [-0.05, 0) is 70.0 Å². The summed E-state index contributed by atoms with van der Waals surface area (Å²) in [6, 6.07) is 14.3. The number of benzene rings is 2. The van der Waals surface area contributed by atoms with Gasteiger partial charge >= 0.3 is 6.09 Å². The summed E-state index contributed by atoms with van der Waals surface area (Å²) in [5.74, 6) is -0.555. The van der Waals surface area contributed by atoms with Crippen LogP contribution < -0.4 is 15.1 Å². The van der Waals surface area contributed by atoms with Gasteiger partial charge in [-0.25, -0.2) is 4.79 Å². The van der Waals surface area contributed by atoms with E-state index in [0.29, 0.717) is 43.5 Å². The number of hydrogen-bond acceptors (Lipinski definition) is 8. The number of piperidine rings is 1. The number of non-ortho nitro benzene ring substituents is 1. The van der Waals surface area contributed by atoms with Crippen molar-refractivity contribution in [1.82, 2.24) is 9.55 Å². The first-order valence-electron chi connectivity index (χ1n) is 13.9. The van der Waals surface area contributed by atoms with Crippen molar-refractivity contribution in [3.63, 3.8) is 0 Å². The quantitative estimate of drug-likeness (QED) is 0.168. The molecule has 2 aromatic carbocycles. The van der Waals surface area contributed by atoms with Crippen LogP contribution >= 0.6 is 0 Å². The summed E-state index contributed by atoms with van der Waals surface area (Å²) >= 11 is 0. The van der Waals surface area contributed by atoms with Gasteiger partial charge in [0, 0.05) is 66.6 Å². The van der Waals surface area contributed by atoms with E-state index in [1.807, 2.05) is 12.1 Å². The van der Waals surface area contributed by atoms with Gasteiger partial charge in [-0.3, -0.25) is 29.3 Å². The van der Waals surface area contributed by atoms with Crippen LogP contribution in [0.15, 0.2) is 73.2 Å². The van der Waals surface area contributed by atoms with Gasteiger partial charge < -0.3 is 19.9 Å². The topological polar surface area (TPSA) is 140 Å². The van der Waals surface area contributed by atoms with E-state index in [2.05, 4.69) is 15.2 Å². The number of nitro groups is 1. The Hall–Kier alpha value is -5.26. The van der Waals surface area contributed by atoms with E-state index in [1.54, 1.807) is 63.6 Å². The lowest BCUT2D eigenvalue weighted by Gasteiger charge is -2.38. The van der Waals surface area contributed by atoms with Crippen molar-refractivity contribution >= 4 is 52.1 Å². The zero-order chi connectivity index (χ0) is 30.7. The highest BCUT2D eigenvalue weighted by atomic mass is 16.6. The van der Waals surface area contributed by atoms with Crippen LogP contribution in [0.1, 0.15) is 44.0 Å². The van der Waals surface area contributed by atoms with Gasteiger partial charge in [0.05, 0.1) is 21.7 Å². The first-order chi connectivity index (χ1) is 20.5. The van der Waals surface area contributed by atoms with Crippen LogP contribution in [-0.4, -0.2) is 57.6 Å². The maximum Gasteiger partial charge on any atom is 0.418 e. The monoisotopic (exact) mass is 584 g/mol. The van der Waals surface area contributed by atoms with Crippen LogP contribution in [-0.2, 0) is 9.53 Å². The molecule has 5 rings (SSSR count). The third-order valence-corrected chi connectivity index (χ3v) is 7.26. The SMILES string of the molecule is CC(C)(C)OC(=O)n1ccc2ccc(NC(=O)c3ccc([N+](=O)[O-])cc3N(C=O)C3CCN(c4ccncc4)CC3)cc21. The van der Waals surface area contributed by atoms with Crippen LogP contribution in [0, 0.1) is 10.1 Å². The highest BCUT2D eigenvalue weighted by Crippen LogP contribution is 2.32. The lowest BCUT2D eigenvalue weighted by molar-refractivity contribution is -0.384. The summed E-state index contributed by atoms with van der Waals surface area (Å²) in [6.07, 6.45) is 6.31. The number of aromatic nitrogens is 2. The molecule has 12 nitrogen and oxygen atoms in total. The number of fused-ring (bicyclic) bond motifs is 1. The molecule has 1 aliphatic rings. The van der Waals surface area contributed by atoms with Gasteiger partial charge in [0.25, 0.3) is 11.6 Å². The minimum Gasteiger partial charge on any atom is -0.443 e. The number of pyridine rings is 1. The molecule has 12 heteroatoms. The van der Waals surface area contributed by atoms with Crippen LogP contribution in [0.4, 0.5) is 27.5 Å². The Labute approximate surface area is 248 Å². The fraction of sp³-hybridized carbons (Fsp3) is 0.290. The van der Waals surface area contributed by atoms with E-state index in [-0.39, 0.29) is 23.0 Å². The van der Waals surface area contributed by atoms with Crippen LogP contribution in [0.5, 0.6) is 0 Å². The molecule has 4 aromatic rings. The largest absolute Gasteiger partial charge is 0.443 e. The van der Waals surface area contributed by atoms with E-state index in [9.17, 15) is 24.5 Å². The average molecular weight is 585 g/mol. The van der Waals surface area contributed by atoms with E-state index in [0.717, 1.165) is 11.1 Å². The number of nitro benzene ring substituents is 1. The molecule has 222 valence electrons. The molecule has 3 heterocycles. The molecule has 1 aliphatic heterocycles. The Morgan fingerprint density at radius 1 is 1.07 bits per heavy atom. The number of nitrogens with one attached hydrogen (secondary N) is 1. The Kier molecular flexibility index (Phi) is 8.11. The summed E-state index contributed by atoms with van der Waals surface area (Å²) in [5.41, 5.74) is 1.30. The van der Waals surface area contributed by atoms with Gasteiger partial charge in [-0.15, -0.1) is 0 Å². The number of nitrogens with zero attached hydrogens (tertiary/aromatic N) is 5. The van der Waals surface area contributed by atoms with Crippen molar-refractivity contribution in [3.8, 4) is 0 Å². The van der Waals surface area contributed by atoms with Gasteiger partial charge in [0.1, 0.15) is 5.60 Å².